The Morgan fingerprint density at radius 1 is 1.18 bits per heavy atom. The number of aryl methyl sites for hydroxylation is 2. The SMILES string of the molecule is CC[C@H]1C[C@@H](n2c(=O)nc(-c3cnn(C)c3)c3oc4ccc(-c5cn(C)cn5)cc4c32)CCO1. The number of imidazole rings is 1. The van der Waals surface area contributed by atoms with Gasteiger partial charge >= 0.3 is 5.69 Å². The molecule has 2 atom stereocenters. The smallest absolute Gasteiger partial charge is 0.349 e. The van der Waals surface area contributed by atoms with E-state index in [1.54, 1.807) is 17.2 Å². The van der Waals surface area contributed by atoms with E-state index in [1.807, 2.05) is 47.8 Å². The monoisotopic (exact) mass is 458 g/mol. The van der Waals surface area contributed by atoms with Crippen molar-refractivity contribution in [2.45, 2.75) is 38.3 Å². The zero-order chi connectivity index (χ0) is 23.4. The molecule has 1 saturated heterocycles. The van der Waals surface area contributed by atoms with Crippen LogP contribution in [0.5, 0.6) is 0 Å². The molecule has 1 aromatic carbocycles. The Morgan fingerprint density at radius 3 is 2.79 bits per heavy atom. The minimum absolute atomic E-state index is 0.0107. The van der Waals surface area contributed by atoms with Gasteiger partial charge in [0.05, 0.1) is 24.3 Å². The lowest BCUT2D eigenvalue weighted by atomic mass is 10.0. The van der Waals surface area contributed by atoms with E-state index in [2.05, 4.69) is 28.1 Å². The second-order valence-corrected chi connectivity index (χ2v) is 9.01. The van der Waals surface area contributed by atoms with Crippen LogP contribution in [0.15, 0.2) is 52.3 Å². The Morgan fingerprint density at radius 2 is 2.06 bits per heavy atom. The quantitative estimate of drug-likeness (QED) is 0.403. The van der Waals surface area contributed by atoms with E-state index >= 15 is 0 Å². The predicted molar refractivity (Wildman–Crippen MR) is 128 cm³/mol. The number of hydrogen-bond donors (Lipinski definition) is 0. The van der Waals surface area contributed by atoms with Gasteiger partial charge in [-0.25, -0.2) is 9.78 Å². The van der Waals surface area contributed by atoms with Gasteiger partial charge in [0.1, 0.15) is 16.8 Å². The number of aromatic nitrogens is 6. The summed E-state index contributed by atoms with van der Waals surface area (Å²) < 4.78 is 17.7. The summed E-state index contributed by atoms with van der Waals surface area (Å²) in [7, 11) is 3.79. The molecule has 1 aliphatic rings. The summed E-state index contributed by atoms with van der Waals surface area (Å²) in [4.78, 5) is 22.5. The van der Waals surface area contributed by atoms with Crippen LogP contribution >= 0.6 is 0 Å². The van der Waals surface area contributed by atoms with Crippen LogP contribution in [0.3, 0.4) is 0 Å². The normalized spacial score (nSPS) is 18.8. The molecular weight excluding hydrogens is 432 g/mol. The van der Waals surface area contributed by atoms with E-state index in [-0.39, 0.29) is 17.8 Å². The van der Waals surface area contributed by atoms with Gasteiger partial charge in [-0.2, -0.15) is 10.1 Å². The van der Waals surface area contributed by atoms with E-state index in [9.17, 15) is 4.79 Å². The van der Waals surface area contributed by atoms with Crippen molar-refractivity contribution in [3.05, 3.63) is 53.6 Å². The van der Waals surface area contributed by atoms with Gasteiger partial charge in [0.25, 0.3) is 0 Å². The molecule has 6 rings (SSSR count). The lowest BCUT2D eigenvalue weighted by Gasteiger charge is -2.30. The highest BCUT2D eigenvalue weighted by Crippen LogP contribution is 2.38. The molecule has 0 aliphatic carbocycles. The second-order valence-electron chi connectivity index (χ2n) is 9.01. The van der Waals surface area contributed by atoms with Crippen molar-refractivity contribution in [2.24, 2.45) is 14.1 Å². The third kappa shape index (κ3) is 3.35. The number of hydrogen-bond acceptors (Lipinski definition) is 6. The van der Waals surface area contributed by atoms with E-state index in [0.29, 0.717) is 23.5 Å². The minimum Gasteiger partial charge on any atom is -0.452 e. The number of rotatable bonds is 4. The first-order chi connectivity index (χ1) is 16.5. The highest BCUT2D eigenvalue weighted by molar-refractivity contribution is 6.07. The topological polar surface area (TPSA) is 92.9 Å². The van der Waals surface area contributed by atoms with Gasteiger partial charge in [-0.15, -0.1) is 0 Å². The first-order valence-electron chi connectivity index (χ1n) is 11.6. The largest absolute Gasteiger partial charge is 0.452 e. The van der Waals surface area contributed by atoms with Crippen molar-refractivity contribution in [1.29, 1.82) is 0 Å². The molecule has 1 aliphatic heterocycles. The average Bonchev–Trinajstić information content (AvgIpc) is 3.57. The molecule has 5 heterocycles. The molecule has 174 valence electrons. The van der Waals surface area contributed by atoms with Crippen LogP contribution in [0.2, 0.25) is 0 Å². The van der Waals surface area contributed by atoms with Gasteiger partial charge in [-0.1, -0.05) is 6.92 Å². The zero-order valence-corrected chi connectivity index (χ0v) is 19.4. The van der Waals surface area contributed by atoms with Crippen molar-refractivity contribution in [1.82, 2.24) is 28.9 Å². The Balaban J connectivity index is 1.65. The van der Waals surface area contributed by atoms with Crippen LogP contribution < -0.4 is 5.69 Å². The standard InChI is InChI=1S/C25H26N6O3/c1-4-18-10-17(7-8-33-18)31-23-19-9-15(20-13-29(2)14-26-20)5-6-21(19)34-24(23)22(28-25(31)32)16-11-27-30(3)12-16/h5-6,9,11-14,17-18H,4,7-8,10H2,1-3H3/t17-,18-/m0/s1. The predicted octanol–water partition coefficient (Wildman–Crippen LogP) is 4.07. The van der Waals surface area contributed by atoms with Crippen molar-refractivity contribution < 1.29 is 9.15 Å². The van der Waals surface area contributed by atoms with Gasteiger partial charge in [0.15, 0.2) is 5.58 Å². The summed E-state index contributed by atoms with van der Waals surface area (Å²) in [6, 6.07) is 5.99. The molecule has 0 amide bonds. The van der Waals surface area contributed by atoms with Crippen LogP contribution in [0.25, 0.3) is 44.6 Å². The van der Waals surface area contributed by atoms with Gasteiger partial charge in [0, 0.05) is 55.7 Å². The molecule has 5 aromatic rings. The number of fused-ring (bicyclic) bond motifs is 3. The molecule has 9 heteroatoms. The van der Waals surface area contributed by atoms with Crippen LogP contribution in [0, 0.1) is 0 Å². The Kier molecular flexibility index (Phi) is 4.88. The Hall–Kier alpha value is -3.72. The Bertz CT molecular complexity index is 1570. The van der Waals surface area contributed by atoms with E-state index in [4.69, 9.17) is 9.15 Å². The molecule has 0 saturated carbocycles. The van der Waals surface area contributed by atoms with E-state index in [1.165, 1.54) is 0 Å². The number of nitrogens with zero attached hydrogens (tertiary/aromatic N) is 6. The summed E-state index contributed by atoms with van der Waals surface area (Å²) in [5.41, 5.74) is 4.89. The highest BCUT2D eigenvalue weighted by atomic mass is 16.5. The molecule has 4 aromatic heterocycles. The number of benzene rings is 1. The molecule has 0 bridgehead atoms. The van der Waals surface area contributed by atoms with Crippen LogP contribution in [-0.4, -0.2) is 41.6 Å². The van der Waals surface area contributed by atoms with Crippen LogP contribution in [0.4, 0.5) is 0 Å². The fourth-order valence-corrected chi connectivity index (χ4v) is 4.96. The van der Waals surface area contributed by atoms with E-state index in [0.717, 1.165) is 47.0 Å². The summed E-state index contributed by atoms with van der Waals surface area (Å²) in [6.45, 7) is 2.73. The maximum Gasteiger partial charge on any atom is 0.349 e. The first kappa shape index (κ1) is 20.9. The molecule has 0 spiro atoms. The molecular formula is C25H26N6O3. The van der Waals surface area contributed by atoms with Gasteiger partial charge < -0.3 is 13.7 Å². The first-order valence-corrected chi connectivity index (χ1v) is 11.6. The average molecular weight is 459 g/mol. The second kappa shape index (κ2) is 7.95. The van der Waals surface area contributed by atoms with Gasteiger partial charge in [0.2, 0.25) is 0 Å². The van der Waals surface area contributed by atoms with Crippen LogP contribution in [-0.2, 0) is 18.8 Å². The molecule has 9 nitrogen and oxygen atoms in total. The molecule has 0 N–H and O–H groups in total. The molecule has 34 heavy (non-hydrogen) atoms. The molecule has 0 unspecified atom stereocenters. The van der Waals surface area contributed by atoms with Crippen LogP contribution in [0.1, 0.15) is 32.2 Å². The number of furan rings is 1. The van der Waals surface area contributed by atoms with Crippen molar-refractivity contribution in [3.63, 3.8) is 0 Å². The summed E-state index contributed by atoms with van der Waals surface area (Å²) in [5, 5.41) is 5.15. The van der Waals surface area contributed by atoms with Crippen molar-refractivity contribution >= 4 is 22.1 Å². The van der Waals surface area contributed by atoms with E-state index < -0.39 is 0 Å². The van der Waals surface area contributed by atoms with Gasteiger partial charge in [-0.3, -0.25) is 9.25 Å². The molecule has 1 fully saturated rings. The maximum atomic E-state index is 13.6. The van der Waals surface area contributed by atoms with Gasteiger partial charge in [-0.05, 0) is 37.5 Å². The maximum absolute atomic E-state index is 13.6. The fraction of sp³-hybridized carbons (Fsp3) is 0.360. The van der Waals surface area contributed by atoms with Crippen molar-refractivity contribution in [2.75, 3.05) is 6.61 Å². The minimum atomic E-state index is -0.279. The fourth-order valence-electron chi connectivity index (χ4n) is 4.96. The van der Waals surface area contributed by atoms with Crippen molar-refractivity contribution in [3.8, 4) is 22.5 Å². The Labute approximate surface area is 195 Å². The third-order valence-electron chi connectivity index (χ3n) is 6.67. The highest BCUT2D eigenvalue weighted by Gasteiger charge is 2.29. The molecule has 0 radical (unpaired) electrons. The number of ether oxygens (including phenoxy) is 1. The summed E-state index contributed by atoms with van der Waals surface area (Å²) >= 11 is 0. The lowest BCUT2D eigenvalue weighted by Crippen LogP contribution is -2.34. The zero-order valence-electron chi connectivity index (χ0n) is 19.4. The summed E-state index contributed by atoms with van der Waals surface area (Å²) in [5.74, 6) is 0. The lowest BCUT2D eigenvalue weighted by molar-refractivity contribution is -0.00709. The summed E-state index contributed by atoms with van der Waals surface area (Å²) in [6.07, 6.45) is 9.87. The third-order valence-corrected chi connectivity index (χ3v) is 6.67.